The summed E-state index contributed by atoms with van der Waals surface area (Å²) in [5, 5.41) is 8.24. The van der Waals surface area contributed by atoms with E-state index in [0.29, 0.717) is 30.0 Å². The van der Waals surface area contributed by atoms with E-state index >= 15 is 0 Å². The summed E-state index contributed by atoms with van der Waals surface area (Å²) < 4.78 is 38.2. The Hall–Kier alpha value is -2.69. The molecule has 1 aliphatic heterocycles. The van der Waals surface area contributed by atoms with Crippen molar-refractivity contribution in [1.29, 1.82) is 0 Å². The van der Waals surface area contributed by atoms with Crippen LogP contribution in [0.3, 0.4) is 0 Å². The van der Waals surface area contributed by atoms with Crippen LogP contribution in [0.4, 0.5) is 0 Å². The molecule has 1 aliphatic rings. The molecule has 0 saturated carbocycles. The van der Waals surface area contributed by atoms with E-state index in [-0.39, 0.29) is 27.5 Å². The summed E-state index contributed by atoms with van der Waals surface area (Å²) in [4.78, 5) is 12.6. The Morgan fingerprint density at radius 2 is 1.88 bits per heavy atom. The fourth-order valence-electron chi connectivity index (χ4n) is 3.44. The Morgan fingerprint density at radius 3 is 2.66 bits per heavy atom. The SMILES string of the molecule is COc1cccc(C(=O)CSc2nnc(-c3cccc(S(=O)(=O)N4CCCCC4)c3)o2)c1. The van der Waals surface area contributed by atoms with E-state index in [9.17, 15) is 13.2 Å². The van der Waals surface area contributed by atoms with E-state index in [4.69, 9.17) is 9.15 Å². The largest absolute Gasteiger partial charge is 0.497 e. The highest BCUT2D eigenvalue weighted by Gasteiger charge is 2.26. The lowest BCUT2D eigenvalue weighted by Crippen LogP contribution is -2.35. The van der Waals surface area contributed by atoms with Crippen molar-refractivity contribution < 1.29 is 22.4 Å². The van der Waals surface area contributed by atoms with Gasteiger partial charge in [-0.3, -0.25) is 4.79 Å². The number of ketones is 1. The number of aromatic nitrogens is 2. The van der Waals surface area contributed by atoms with Crippen LogP contribution in [0.15, 0.2) is 63.1 Å². The van der Waals surface area contributed by atoms with Gasteiger partial charge >= 0.3 is 0 Å². The maximum Gasteiger partial charge on any atom is 0.277 e. The van der Waals surface area contributed by atoms with Gasteiger partial charge in [-0.05, 0) is 43.2 Å². The summed E-state index contributed by atoms with van der Waals surface area (Å²) in [5.74, 6) is 0.846. The van der Waals surface area contributed by atoms with Crippen LogP contribution in [0.1, 0.15) is 29.6 Å². The second-order valence-electron chi connectivity index (χ2n) is 7.31. The van der Waals surface area contributed by atoms with Gasteiger partial charge in [-0.15, -0.1) is 10.2 Å². The number of hydrogen-bond donors (Lipinski definition) is 0. The molecule has 0 N–H and O–H groups in total. The average molecular weight is 474 g/mol. The van der Waals surface area contributed by atoms with Gasteiger partial charge < -0.3 is 9.15 Å². The number of sulfonamides is 1. The van der Waals surface area contributed by atoms with Crippen LogP contribution >= 0.6 is 11.8 Å². The van der Waals surface area contributed by atoms with E-state index in [1.807, 2.05) is 0 Å². The monoisotopic (exact) mass is 473 g/mol. The molecule has 1 aromatic heterocycles. The molecule has 168 valence electrons. The second-order valence-corrected chi connectivity index (χ2v) is 10.2. The first-order chi connectivity index (χ1) is 15.5. The summed E-state index contributed by atoms with van der Waals surface area (Å²) in [6, 6.07) is 13.4. The average Bonchev–Trinajstić information content (AvgIpc) is 3.32. The first kappa shape index (κ1) is 22.5. The number of piperidine rings is 1. The van der Waals surface area contributed by atoms with E-state index < -0.39 is 10.0 Å². The number of carbonyl (C=O) groups is 1. The molecule has 0 atom stereocenters. The van der Waals surface area contributed by atoms with Crippen molar-refractivity contribution in [2.75, 3.05) is 26.0 Å². The third kappa shape index (κ3) is 5.03. The van der Waals surface area contributed by atoms with Crippen LogP contribution in [0.5, 0.6) is 5.75 Å². The number of thioether (sulfide) groups is 1. The third-order valence-electron chi connectivity index (χ3n) is 5.16. The van der Waals surface area contributed by atoms with Crippen LogP contribution < -0.4 is 4.74 Å². The van der Waals surface area contributed by atoms with Crippen LogP contribution in [0.25, 0.3) is 11.5 Å². The van der Waals surface area contributed by atoms with E-state index in [0.717, 1.165) is 31.0 Å². The van der Waals surface area contributed by atoms with Crippen molar-refractivity contribution in [3.05, 3.63) is 54.1 Å². The first-order valence-corrected chi connectivity index (χ1v) is 12.6. The predicted molar refractivity (Wildman–Crippen MR) is 120 cm³/mol. The molecule has 0 spiro atoms. The van der Waals surface area contributed by atoms with Crippen molar-refractivity contribution in [2.24, 2.45) is 0 Å². The molecule has 2 aromatic carbocycles. The van der Waals surface area contributed by atoms with Gasteiger partial charge in [0.05, 0.1) is 17.8 Å². The number of carbonyl (C=O) groups excluding carboxylic acids is 1. The molecule has 0 bridgehead atoms. The molecular formula is C22H23N3O5S2. The Balaban J connectivity index is 1.45. The van der Waals surface area contributed by atoms with Crippen molar-refractivity contribution in [1.82, 2.24) is 14.5 Å². The maximum atomic E-state index is 12.9. The van der Waals surface area contributed by atoms with E-state index in [1.165, 1.54) is 4.31 Å². The highest BCUT2D eigenvalue weighted by Crippen LogP contribution is 2.28. The molecule has 2 heterocycles. The molecule has 4 rings (SSSR count). The predicted octanol–water partition coefficient (Wildman–Crippen LogP) is 3.89. The minimum atomic E-state index is -3.56. The van der Waals surface area contributed by atoms with Gasteiger partial charge in [0.1, 0.15) is 5.75 Å². The Morgan fingerprint density at radius 1 is 1.09 bits per heavy atom. The van der Waals surface area contributed by atoms with Crippen molar-refractivity contribution >= 4 is 27.6 Å². The summed E-state index contributed by atoms with van der Waals surface area (Å²) >= 11 is 1.13. The number of hydrogen-bond acceptors (Lipinski definition) is 8. The van der Waals surface area contributed by atoms with Gasteiger partial charge in [0.15, 0.2) is 5.78 Å². The lowest BCUT2D eigenvalue weighted by molar-refractivity contribution is 0.102. The van der Waals surface area contributed by atoms with Crippen LogP contribution in [-0.4, -0.2) is 54.7 Å². The molecule has 10 heteroatoms. The molecule has 32 heavy (non-hydrogen) atoms. The molecule has 1 fully saturated rings. The minimum absolute atomic E-state index is 0.0942. The Kier molecular flexibility index (Phi) is 6.92. The van der Waals surface area contributed by atoms with Gasteiger partial charge in [-0.25, -0.2) is 8.42 Å². The molecule has 0 radical (unpaired) electrons. The summed E-state index contributed by atoms with van der Waals surface area (Å²) in [6.45, 7) is 1.07. The van der Waals surface area contributed by atoms with Crippen molar-refractivity contribution in [2.45, 2.75) is 29.4 Å². The molecule has 8 nitrogen and oxygen atoms in total. The number of rotatable bonds is 8. The van der Waals surface area contributed by atoms with E-state index in [2.05, 4.69) is 10.2 Å². The zero-order valence-electron chi connectivity index (χ0n) is 17.6. The van der Waals surface area contributed by atoms with E-state index in [1.54, 1.807) is 55.6 Å². The quantitative estimate of drug-likeness (QED) is 0.359. The molecule has 1 saturated heterocycles. The maximum absolute atomic E-state index is 12.9. The lowest BCUT2D eigenvalue weighted by atomic mass is 10.1. The lowest BCUT2D eigenvalue weighted by Gasteiger charge is -2.25. The number of ether oxygens (including phenoxy) is 1. The molecule has 3 aromatic rings. The van der Waals surface area contributed by atoms with Crippen molar-refractivity contribution in [3.63, 3.8) is 0 Å². The minimum Gasteiger partial charge on any atom is -0.497 e. The normalized spacial score (nSPS) is 14.9. The van der Waals surface area contributed by atoms with Crippen LogP contribution in [-0.2, 0) is 10.0 Å². The van der Waals surface area contributed by atoms with Gasteiger partial charge in [0.2, 0.25) is 15.9 Å². The molecular weight excluding hydrogens is 450 g/mol. The number of Topliss-reactive ketones (excluding diaryl/α,β-unsaturated/α-hetero) is 1. The number of methoxy groups -OCH3 is 1. The van der Waals surface area contributed by atoms with Crippen LogP contribution in [0.2, 0.25) is 0 Å². The molecule has 0 amide bonds. The number of benzene rings is 2. The summed E-state index contributed by atoms with van der Waals surface area (Å²) in [7, 11) is -2.01. The zero-order valence-corrected chi connectivity index (χ0v) is 19.2. The Labute approximate surface area is 191 Å². The molecule has 0 unspecified atom stereocenters. The zero-order chi connectivity index (χ0) is 22.6. The van der Waals surface area contributed by atoms with Crippen molar-refractivity contribution in [3.8, 4) is 17.2 Å². The highest BCUT2D eigenvalue weighted by atomic mass is 32.2. The summed E-state index contributed by atoms with van der Waals surface area (Å²) in [5.41, 5.74) is 1.05. The topological polar surface area (TPSA) is 103 Å². The third-order valence-corrected chi connectivity index (χ3v) is 7.87. The second kappa shape index (κ2) is 9.85. The smallest absolute Gasteiger partial charge is 0.277 e. The van der Waals surface area contributed by atoms with Crippen LogP contribution in [0, 0.1) is 0 Å². The van der Waals surface area contributed by atoms with Gasteiger partial charge in [-0.1, -0.05) is 36.4 Å². The fraction of sp³-hybridized carbons (Fsp3) is 0.318. The summed E-state index contributed by atoms with van der Waals surface area (Å²) in [6.07, 6.45) is 2.80. The number of nitrogens with zero attached hydrogens (tertiary/aromatic N) is 3. The first-order valence-electron chi connectivity index (χ1n) is 10.2. The standard InChI is InChI=1S/C22H23N3O5S2/c1-29-18-9-5-7-16(13-18)20(26)15-31-22-24-23-21(30-22)17-8-6-10-19(14-17)32(27,28)25-11-3-2-4-12-25/h5-10,13-14H,2-4,11-12,15H2,1H3. The van der Waals surface area contributed by atoms with Gasteiger partial charge in [0, 0.05) is 24.2 Å². The van der Waals surface area contributed by atoms with Gasteiger partial charge in [-0.2, -0.15) is 4.31 Å². The molecule has 0 aliphatic carbocycles. The van der Waals surface area contributed by atoms with Gasteiger partial charge in [0.25, 0.3) is 5.22 Å². The Bertz CT molecular complexity index is 1200. The fourth-order valence-corrected chi connectivity index (χ4v) is 5.66. The highest BCUT2D eigenvalue weighted by molar-refractivity contribution is 7.99.